The number of aryl methyl sites for hydroxylation is 1. The molecule has 35 heavy (non-hydrogen) atoms. The van der Waals surface area contributed by atoms with Crippen molar-refractivity contribution in [3.63, 3.8) is 0 Å². The number of nitrogens with zero attached hydrogens (tertiary/aromatic N) is 4. The quantitative estimate of drug-likeness (QED) is 0.337. The molecule has 0 atom stereocenters. The number of fused-ring (bicyclic) bond motifs is 1. The number of piperidine rings is 1. The molecular weight excluding hydrogens is 464 g/mol. The van der Waals surface area contributed by atoms with E-state index in [4.69, 9.17) is 4.52 Å². The van der Waals surface area contributed by atoms with E-state index in [0.717, 1.165) is 44.5 Å². The molecule has 10 heteroatoms. The van der Waals surface area contributed by atoms with Crippen molar-refractivity contribution in [2.75, 3.05) is 18.0 Å². The summed E-state index contributed by atoms with van der Waals surface area (Å²) in [5.74, 6) is -0.709. The van der Waals surface area contributed by atoms with Gasteiger partial charge in [-0.15, -0.1) is 0 Å². The van der Waals surface area contributed by atoms with Gasteiger partial charge in [0.05, 0.1) is 16.8 Å². The first-order chi connectivity index (χ1) is 16.8. The number of pyridine rings is 1. The molecule has 0 saturated carbocycles. The van der Waals surface area contributed by atoms with Crippen LogP contribution in [-0.4, -0.2) is 27.8 Å². The Balaban J connectivity index is 1.59. The largest absolute Gasteiger partial charge is 0.416 e. The smallest absolute Gasteiger partial charge is 0.369 e. The lowest BCUT2D eigenvalue weighted by atomic mass is 10.1. The summed E-state index contributed by atoms with van der Waals surface area (Å²) >= 11 is 0. The van der Waals surface area contributed by atoms with Gasteiger partial charge in [-0.2, -0.15) is 18.2 Å². The minimum atomic E-state index is -4.52. The summed E-state index contributed by atoms with van der Waals surface area (Å²) in [6, 6.07) is 7.47. The van der Waals surface area contributed by atoms with Gasteiger partial charge in [0.2, 0.25) is 11.3 Å². The van der Waals surface area contributed by atoms with Gasteiger partial charge in [0.1, 0.15) is 11.4 Å². The van der Waals surface area contributed by atoms with E-state index in [-0.39, 0.29) is 28.2 Å². The predicted octanol–water partition coefficient (Wildman–Crippen LogP) is 5.89. The summed E-state index contributed by atoms with van der Waals surface area (Å²) in [6.45, 7) is 3.90. The molecule has 0 radical (unpaired) electrons. The van der Waals surface area contributed by atoms with Crippen molar-refractivity contribution in [3.8, 4) is 22.8 Å². The highest BCUT2D eigenvalue weighted by atomic mass is 19.4. The molecule has 5 rings (SSSR count). The van der Waals surface area contributed by atoms with Gasteiger partial charge >= 0.3 is 6.18 Å². The minimum Gasteiger partial charge on any atom is -0.369 e. The molecule has 3 heterocycles. The molecule has 182 valence electrons. The fraction of sp³-hybridized carbons (Fsp3) is 0.320. The number of aromatic nitrogens is 3. The van der Waals surface area contributed by atoms with E-state index in [1.165, 1.54) is 18.2 Å². The van der Waals surface area contributed by atoms with Gasteiger partial charge in [0.25, 0.3) is 5.89 Å². The molecule has 1 fully saturated rings. The maximum Gasteiger partial charge on any atom is 0.416 e. The molecule has 0 amide bonds. The van der Waals surface area contributed by atoms with Gasteiger partial charge in [-0.25, -0.2) is 4.39 Å². The van der Waals surface area contributed by atoms with Crippen LogP contribution in [0, 0.1) is 5.82 Å². The molecule has 1 aliphatic heterocycles. The van der Waals surface area contributed by atoms with Crippen LogP contribution in [0.3, 0.4) is 0 Å². The molecule has 2 aromatic heterocycles. The van der Waals surface area contributed by atoms with E-state index in [2.05, 4.69) is 10.1 Å². The number of hydrogen-bond acceptors (Lipinski definition) is 5. The molecule has 0 N–H and O–H groups in total. The second kappa shape index (κ2) is 8.83. The van der Waals surface area contributed by atoms with Crippen LogP contribution in [0.5, 0.6) is 0 Å². The van der Waals surface area contributed by atoms with Crippen LogP contribution >= 0.6 is 0 Å². The topological polar surface area (TPSA) is 64.2 Å². The maximum atomic E-state index is 15.1. The molecule has 1 aliphatic rings. The lowest BCUT2D eigenvalue weighted by Crippen LogP contribution is -2.30. The lowest BCUT2D eigenvalue weighted by molar-refractivity contribution is -0.137. The summed E-state index contributed by atoms with van der Waals surface area (Å²) < 4.78 is 61.4. The van der Waals surface area contributed by atoms with Crippen LogP contribution in [-0.2, 0) is 12.7 Å². The Kier molecular flexibility index (Phi) is 5.82. The van der Waals surface area contributed by atoms with Crippen molar-refractivity contribution in [1.82, 2.24) is 14.7 Å². The third-order valence-electron chi connectivity index (χ3n) is 6.29. The van der Waals surface area contributed by atoms with Crippen LogP contribution in [0.15, 0.2) is 51.9 Å². The summed E-state index contributed by atoms with van der Waals surface area (Å²) in [5, 5.41) is 3.94. The second-order valence-electron chi connectivity index (χ2n) is 8.53. The highest BCUT2D eigenvalue weighted by Gasteiger charge is 2.31. The van der Waals surface area contributed by atoms with E-state index in [1.54, 1.807) is 16.8 Å². The Bertz CT molecular complexity index is 1450. The van der Waals surface area contributed by atoms with Crippen LogP contribution in [0.2, 0.25) is 0 Å². The molecule has 0 unspecified atom stereocenters. The van der Waals surface area contributed by atoms with Gasteiger partial charge in [0.15, 0.2) is 0 Å². The Morgan fingerprint density at radius 3 is 2.57 bits per heavy atom. The van der Waals surface area contributed by atoms with E-state index in [1.807, 2.05) is 11.8 Å². The summed E-state index contributed by atoms with van der Waals surface area (Å²) in [4.78, 5) is 19.5. The second-order valence-corrected chi connectivity index (χ2v) is 8.53. The van der Waals surface area contributed by atoms with Crippen molar-refractivity contribution in [2.24, 2.45) is 0 Å². The predicted molar refractivity (Wildman–Crippen MR) is 124 cm³/mol. The van der Waals surface area contributed by atoms with Gasteiger partial charge in [-0.1, -0.05) is 17.3 Å². The number of rotatable bonds is 4. The summed E-state index contributed by atoms with van der Waals surface area (Å²) in [5.41, 5.74) is -0.135. The Labute approximate surface area is 197 Å². The Hall–Kier alpha value is -3.69. The average molecular weight is 486 g/mol. The highest BCUT2D eigenvalue weighted by Crippen LogP contribution is 2.32. The zero-order chi connectivity index (χ0) is 24.7. The lowest BCUT2D eigenvalue weighted by Gasteiger charge is -2.29. The van der Waals surface area contributed by atoms with Crippen molar-refractivity contribution in [2.45, 2.75) is 38.9 Å². The number of anilines is 1. The first kappa shape index (κ1) is 23.1. The third-order valence-corrected chi connectivity index (χ3v) is 6.29. The monoisotopic (exact) mass is 486 g/mol. The highest BCUT2D eigenvalue weighted by molar-refractivity contribution is 5.86. The molecule has 0 aliphatic carbocycles. The van der Waals surface area contributed by atoms with Gasteiger partial charge in [-0.3, -0.25) is 4.79 Å². The van der Waals surface area contributed by atoms with Crippen molar-refractivity contribution in [1.29, 1.82) is 0 Å². The van der Waals surface area contributed by atoms with Crippen LogP contribution in [0.4, 0.5) is 23.2 Å². The van der Waals surface area contributed by atoms with E-state index >= 15 is 4.39 Å². The molecular formula is C25H22F4N4O2. The molecule has 2 aromatic carbocycles. The number of halogens is 4. The zero-order valence-electron chi connectivity index (χ0n) is 18.9. The summed E-state index contributed by atoms with van der Waals surface area (Å²) in [7, 11) is 0. The zero-order valence-corrected chi connectivity index (χ0v) is 18.9. The van der Waals surface area contributed by atoms with E-state index < -0.39 is 23.0 Å². The van der Waals surface area contributed by atoms with Crippen LogP contribution in [0.1, 0.15) is 31.7 Å². The Morgan fingerprint density at radius 1 is 1.09 bits per heavy atom. The molecule has 6 nitrogen and oxygen atoms in total. The van der Waals surface area contributed by atoms with E-state index in [9.17, 15) is 18.0 Å². The maximum absolute atomic E-state index is 15.1. The molecule has 0 bridgehead atoms. The fourth-order valence-electron chi connectivity index (χ4n) is 4.48. The number of benzene rings is 2. The first-order valence-electron chi connectivity index (χ1n) is 11.4. The molecule has 0 spiro atoms. The van der Waals surface area contributed by atoms with Gasteiger partial charge in [0, 0.05) is 36.8 Å². The van der Waals surface area contributed by atoms with Crippen molar-refractivity contribution >= 4 is 16.6 Å². The first-order valence-corrected chi connectivity index (χ1v) is 11.4. The van der Waals surface area contributed by atoms with Crippen LogP contribution in [0.25, 0.3) is 33.7 Å². The number of alkyl halides is 3. The van der Waals surface area contributed by atoms with Crippen LogP contribution < -0.4 is 10.3 Å². The molecule has 1 saturated heterocycles. The van der Waals surface area contributed by atoms with Gasteiger partial charge in [-0.05, 0) is 50.5 Å². The van der Waals surface area contributed by atoms with Gasteiger partial charge < -0.3 is 14.0 Å². The van der Waals surface area contributed by atoms with Crippen molar-refractivity contribution in [3.05, 3.63) is 64.2 Å². The Morgan fingerprint density at radius 2 is 1.86 bits per heavy atom. The standard InChI is InChI=1S/C25H22F4N4O2/c1-2-32-14-18(24-30-23(31-35-24)15-7-6-8-16(11-15)25(27,28)29)22(34)17-12-19(26)21(13-20(17)32)33-9-4-3-5-10-33/h6-8,11-14H,2-5,9-10H2,1H3. The molecule has 4 aromatic rings. The number of hydrogen-bond donors (Lipinski definition) is 0. The average Bonchev–Trinajstić information content (AvgIpc) is 3.34. The fourth-order valence-corrected chi connectivity index (χ4v) is 4.48. The minimum absolute atomic E-state index is 0.0511. The van der Waals surface area contributed by atoms with Crippen molar-refractivity contribution < 1.29 is 22.1 Å². The normalized spacial score (nSPS) is 14.6. The van der Waals surface area contributed by atoms with E-state index in [0.29, 0.717) is 17.7 Å². The SMILES string of the molecule is CCn1cc(-c2nc(-c3cccc(C(F)(F)F)c3)no2)c(=O)c2cc(F)c(N3CCCCC3)cc21. The summed E-state index contributed by atoms with van der Waals surface area (Å²) in [6.07, 6.45) is 0.130. The third kappa shape index (κ3) is 4.28.